The van der Waals surface area contributed by atoms with Crippen LogP contribution in [0.1, 0.15) is 44.8 Å². The summed E-state index contributed by atoms with van der Waals surface area (Å²) in [6, 6.07) is 4.38. The Hall–Kier alpha value is -0.800. The Morgan fingerprint density at radius 2 is 2.00 bits per heavy atom. The molecule has 0 aromatic carbocycles. The second kappa shape index (κ2) is 7.51. The Balaban J connectivity index is 2.18. The van der Waals surface area contributed by atoms with Gasteiger partial charge in [-0.3, -0.25) is 0 Å². The standard InChI is InChI=1S/C14H26N2O/c1-5-16(6-2)11-7-10-15-13(4)14-9-8-12(3)17-14/h8-9,13,15H,5-7,10-11H2,1-4H3. The van der Waals surface area contributed by atoms with Crippen molar-refractivity contribution in [3.8, 4) is 0 Å². The smallest absolute Gasteiger partial charge is 0.120 e. The van der Waals surface area contributed by atoms with E-state index in [1.54, 1.807) is 0 Å². The molecule has 0 saturated carbocycles. The summed E-state index contributed by atoms with van der Waals surface area (Å²) >= 11 is 0. The van der Waals surface area contributed by atoms with Crippen LogP contribution in [0.3, 0.4) is 0 Å². The molecule has 3 heteroatoms. The molecular weight excluding hydrogens is 212 g/mol. The highest BCUT2D eigenvalue weighted by molar-refractivity contribution is 5.08. The predicted molar refractivity (Wildman–Crippen MR) is 72.3 cm³/mol. The van der Waals surface area contributed by atoms with Crippen LogP contribution in [0.25, 0.3) is 0 Å². The fourth-order valence-corrected chi connectivity index (χ4v) is 1.95. The van der Waals surface area contributed by atoms with Gasteiger partial charge in [0.15, 0.2) is 0 Å². The van der Waals surface area contributed by atoms with E-state index in [1.807, 2.05) is 13.0 Å². The summed E-state index contributed by atoms with van der Waals surface area (Å²) in [5, 5.41) is 3.50. The van der Waals surface area contributed by atoms with Crippen LogP contribution >= 0.6 is 0 Å². The zero-order valence-corrected chi connectivity index (χ0v) is 11.6. The Bertz CT molecular complexity index is 305. The quantitative estimate of drug-likeness (QED) is 0.706. The average molecular weight is 238 g/mol. The van der Waals surface area contributed by atoms with Crippen LogP contribution in [-0.2, 0) is 0 Å². The maximum Gasteiger partial charge on any atom is 0.120 e. The number of rotatable bonds is 8. The molecule has 0 radical (unpaired) electrons. The minimum Gasteiger partial charge on any atom is -0.465 e. The molecule has 0 amide bonds. The summed E-state index contributed by atoms with van der Waals surface area (Å²) in [4.78, 5) is 2.45. The normalized spacial score (nSPS) is 13.2. The van der Waals surface area contributed by atoms with Gasteiger partial charge in [0.05, 0.1) is 6.04 Å². The first-order valence-electron chi connectivity index (χ1n) is 6.69. The highest BCUT2D eigenvalue weighted by Gasteiger charge is 2.08. The van der Waals surface area contributed by atoms with Crippen LogP contribution in [0.5, 0.6) is 0 Å². The van der Waals surface area contributed by atoms with Crippen LogP contribution in [0.2, 0.25) is 0 Å². The number of hydrogen-bond acceptors (Lipinski definition) is 3. The largest absolute Gasteiger partial charge is 0.465 e. The third-order valence-electron chi connectivity index (χ3n) is 3.18. The molecule has 1 N–H and O–H groups in total. The van der Waals surface area contributed by atoms with Crippen LogP contribution in [0.15, 0.2) is 16.5 Å². The molecule has 1 heterocycles. The fourth-order valence-electron chi connectivity index (χ4n) is 1.95. The second-order valence-corrected chi connectivity index (χ2v) is 4.50. The van der Waals surface area contributed by atoms with E-state index in [-0.39, 0.29) is 0 Å². The molecule has 3 nitrogen and oxygen atoms in total. The van der Waals surface area contributed by atoms with Gasteiger partial charge in [0, 0.05) is 0 Å². The molecule has 1 aromatic heterocycles. The summed E-state index contributed by atoms with van der Waals surface area (Å²) in [5.41, 5.74) is 0. The first kappa shape index (κ1) is 14.3. The van der Waals surface area contributed by atoms with Gasteiger partial charge >= 0.3 is 0 Å². The van der Waals surface area contributed by atoms with Crippen molar-refractivity contribution in [2.45, 2.75) is 40.2 Å². The van der Waals surface area contributed by atoms with Gasteiger partial charge in [0.25, 0.3) is 0 Å². The lowest BCUT2D eigenvalue weighted by molar-refractivity contribution is 0.294. The molecule has 0 aliphatic carbocycles. The van der Waals surface area contributed by atoms with E-state index in [9.17, 15) is 0 Å². The van der Waals surface area contributed by atoms with Crippen molar-refractivity contribution in [1.82, 2.24) is 10.2 Å². The van der Waals surface area contributed by atoms with Gasteiger partial charge < -0.3 is 14.6 Å². The predicted octanol–water partition coefficient (Wildman–Crippen LogP) is 2.97. The van der Waals surface area contributed by atoms with E-state index in [2.05, 4.69) is 37.1 Å². The lowest BCUT2D eigenvalue weighted by Gasteiger charge is -2.18. The first-order chi connectivity index (χ1) is 8.17. The summed E-state index contributed by atoms with van der Waals surface area (Å²) in [5.74, 6) is 2.02. The Labute approximate surface area is 105 Å². The van der Waals surface area contributed by atoms with Crippen LogP contribution in [-0.4, -0.2) is 31.1 Å². The maximum atomic E-state index is 5.59. The van der Waals surface area contributed by atoms with Gasteiger partial charge in [0.1, 0.15) is 11.5 Å². The molecule has 0 aliphatic rings. The number of hydrogen-bond donors (Lipinski definition) is 1. The van der Waals surface area contributed by atoms with E-state index in [4.69, 9.17) is 4.42 Å². The molecule has 1 atom stereocenters. The fraction of sp³-hybridized carbons (Fsp3) is 0.714. The molecule has 0 spiro atoms. The van der Waals surface area contributed by atoms with Gasteiger partial charge in [-0.1, -0.05) is 13.8 Å². The van der Waals surface area contributed by atoms with E-state index in [0.717, 1.165) is 31.2 Å². The summed E-state index contributed by atoms with van der Waals surface area (Å²) in [6.45, 7) is 13.1. The molecule has 17 heavy (non-hydrogen) atoms. The molecule has 98 valence electrons. The maximum absolute atomic E-state index is 5.59. The van der Waals surface area contributed by atoms with Gasteiger partial charge in [-0.05, 0) is 58.6 Å². The number of nitrogens with one attached hydrogen (secondary N) is 1. The van der Waals surface area contributed by atoms with Crippen molar-refractivity contribution >= 4 is 0 Å². The van der Waals surface area contributed by atoms with Gasteiger partial charge in [-0.25, -0.2) is 0 Å². The molecular formula is C14H26N2O. The van der Waals surface area contributed by atoms with E-state index in [1.165, 1.54) is 13.0 Å². The van der Waals surface area contributed by atoms with Crippen molar-refractivity contribution in [3.63, 3.8) is 0 Å². The van der Waals surface area contributed by atoms with E-state index in [0.29, 0.717) is 6.04 Å². The van der Waals surface area contributed by atoms with Crippen molar-refractivity contribution in [2.75, 3.05) is 26.2 Å². The SMILES string of the molecule is CCN(CC)CCCNC(C)c1ccc(C)o1. The zero-order valence-electron chi connectivity index (χ0n) is 11.6. The molecule has 1 rings (SSSR count). The van der Waals surface area contributed by atoms with Gasteiger partial charge in [-0.15, -0.1) is 0 Å². The average Bonchev–Trinajstić information content (AvgIpc) is 2.76. The monoisotopic (exact) mass is 238 g/mol. The van der Waals surface area contributed by atoms with Crippen molar-refractivity contribution in [1.29, 1.82) is 0 Å². The molecule has 0 aliphatic heterocycles. The zero-order chi connectivity index (χ0) is 12.7. The highest BCUT2D eigenvalue weighted by Crippen LogP contribution is 2.15. The minimum atomic E-state index is 0.306. The van der Waals surface area contributed by atoms with Crippen molar-refractivity contribution in [3.05, 3.63) is 23.7 Å². The number of nitrogens with zero attached hydrogens (tertiary/aromatic N) is 1. The minimum absolute atomic E-state index is 0.306. The molecule has 1 aromatic rings. The molecule has 0 fully saturated rings. The summed E-state index contributed by atoms with van der Waals surface area (Å²) in [7, 11) is 0. The van der Waals surface area contributed by atoms with Crippen molar-refractivity contribution in [2.24, 2.45) is 0 Å². The summed E-state index contributed by atoms with van der Waals surface area (Å²) < 4.78 is 5.59. The third-order valence-corrected chi connectivity index (χ3v) is 3.18. The third kappa shape index (κ3) is 4.92. The number of aryl methyl sites for hydroxylation is 1. The van der Waals surface area contributed by atoms with Crippen LogP contribution in [0, 0.1) is 6.92 Å². The lowest BCUT2D eigenvalue weighted by atomic mass is 10.2. The Kier molecular flexibility index (Phi) is 6.30. The first-order valence-corrected chi connectivity index (χ1v) is 6.69. The summed E-state index contributed by atoms with van der Waals surface area (Å²) in [6.07, 6.45) is 1.19. The van der Waals surface area contributed by atoms with Crippen LogP contribution < -0.4 is 5.32 Å². The van der Waals surface area contributed by atoms with Crippen LogP contribution in [0.4, 0.5) is 0 Å². The lowest BCUT2D eigenvalue weighted by Crippen LogP contribution is -2.28. The Morgan fingerprint density at radius 1 is 1.29 bits per heavy atom. The molecule has 0 saturated heterocycles. The molecule has 0 bridgehead atoms. The van der Waals surface area contributed by atoms with E-state index < -0.39 is 0 Å². The van der Waals surface area contributed by atoms with Gasteiger partial charge in [0.2, 0.25) is 0 Å². The van der Waals surface area contributed by atoms with Gasteiger partial charge in [-0.2, -0.15) is 0 Å². The number of furan rings is 1. The van der Waals surface area contributed by atoms with Crippen molar-refractivity contribution < 1.29 is 4.42 Å². The highest BCUT2D eigenvalue weighted by atomic mass is 16.3. The second-order valence-electron chi connectivity index (χ2n) is 4.50. The molecule has 1 unspecified atom stereocenters. The Morgan fingerprint density at radius 3 is 2.53 bits per heavy atom. The van der Waals surface area contributed by atoms with E-state index >= 15 is 0 Å². The topological polar surface area (TPSA) is 28.4 Å².